The van der Waals surface area contributed by atoms with E-state index in [1.54, 1.807) is 0 Å². The molecule has 9 radical (unpaired) electrons. The summed E-state index contributed by atoms with van der Waals surface area (Å²) in [5.41, 5.74) is 4.39. The molecule has 0 aliphatic heterocycles. The van der Waals surface area contributed by atoms with Crippen LogP contribution in [0, 0.1) is 5.41 Å². The first-order valence-electron chi connectivity index (χ1n) is 0.622. The number of rotatable bonds is 0. The smallest absolute Gasteiger partial charge is 0.0765 e. The molecule has 0 atom stereocenters. The summed E-state index contributed by atoms with van der Waals surface area (Å²) in [7, 11) is 0. The van der Waals surface area contributed by atoms with Gasteiger partial charge in [-0.15, -0.1) is 0 Å². The molecule has 5 heteroatoms. The van der Waals surface area contributed by atoms with Crippen molar-refractivity contribution in [1.29, 1.82) is 5.41 Å². The van der Waals surface area contributed by atoms with Gasteiger partial charge in [0.15, 0.2) is 0 Å². The van der Waals surface area contributed by atoms with E-state index in [0.717, 1.165) is 6.34 Å². The van der Waals surface area contributed by atoms with Crippen molar-refractivity contribution < 1.29 is 0 Å². The Bertz CT molecular complexity index is 21.0. The minimum absolute atomic E-state index is 0. The predicted octanol–water partition coefficient (Wildman–Crippen LogP) is -0.324. The topological polar surface area (TPSA) is 49.9 Å². The summed E-state index contributed by atoms with van der Waals surface area (Å²) in [5.74, 6) is 0. The minimum Gasteiger partial charge on any atom is -0.390 e. The average molecular weight is 497 g/mol. The molecule has 3 N–H and O–H groups in total. The van der Waals surface area contributed by atoms with Crippen molar-refractivity contribution >= 4 is 81.5 Å². The van der Waals surface area contributed by atoms with E-state index in [1.165, 1.54) is 0 Å². The molecular formula is CH4IN2PbSn. The second-order valence-corrected chi connectivity index (χ2v) is 0.167. The molecule has 0 amide bonds. The van der Waals surface area contributed by atoms with Gasteiger partial charge in [-0.05, 0) is 0 Å². The van der Waals surface area contributed by atoms with Gasteiger partial charge in [-0.25, -0.2) is 0 Å². The van der Waals surface area contributed by atoms with Crippen molar-refractivity contribution in [2.45, 2.75) is 0 Å². The van der Waals surface area contributed by atoms with Crippen LogP contribution >= 0.6 is 24.0 Å². The van der Waals surface area contributed by atoms with Gasteiger partial charge >= 0.3 is 0 Å². The number of hydrogen-bond donors (Lipinski definition) is 2. The summed E-state index contributed by atoms with van der Waals surface area (Å²) in [6.07, 6.45) is 0.750. The molecule has 0 saturated heterocycles. The molecular weight excluding hydrogens is 493 g/mol. The van der Waals surface area contributed by atoms with E-state index >= 15 is 0 Å². The first-order chi connectivity index (χ1) is 1.41. The Labute approximate surface area is 91.3 Å². The summed E-state index contributed by atoms with van der Waals surface area (Å²) < 4.78 is 0. The van der Waals surface area contributed by atoms with Crippen LogP contribution in [0.25, 0.3) is 0 Å². The Hall–Kier alpha value is 1.92. The van der Waals surface area contributed by atoms with Gasteiger partial charge in [-0.3, -0.25) is 5.41 Å². The van der Waals surface area contributed by atoms with Crippen LogP contribution in [0.4, 0.5) is 0 Å². The molecule has 0 saturated carbocycles. The Balaban J connectivity index is -0.00000000667. The van der Waals surface area contributed by atoms with Crippen LogP contribution < -0.4 is 5.73 Å². The molecule has 0 heterocycles. The number of hydrogen-bond acceptors (Lipinski definition) is 1. The van der Waals surface area contributed by atoms with Crippen molar-refractivity contribution in [1.82, 2.24) is 0 Å². The van der Waals surface area contributed by atoms with E-state index < -0.39 is 0 Å². The zero-order valence-electron chi connectivity index (χ0n) is 3.03. The summed E-state index contributed by atoms with van der Waals surface area (Å²) in [5, 5.41) is 5.86. The molecule has 0 rings (SSSR count). The summed E-state index contributed by atoms with van der Waals surface area (Å²) in [6, 6.07) is 0. The van der Waals surface area contributed by atoms with E-state index in [0.29, 0.717) is 0 Å². The molecule has 6 heavy (non-hydrogen) atoms. The van der Waals surface area contributed by atoms with Crippen molar-refractivity contribution in [2.75, 3.05) is 0 Å². The number of nitrogens with two attached hydrogens (primary N) is 1. The SMILES string of the molecule is N=CN.[I].[Pb].[Sn]. The van der Waals surface area contributed by atoms with Crippen molar-refractivity contribution in [3.8, 4) is 0 Å². The van der Waals surface area contributed by atoms with E-state index in [2.05, 4.69) is 5.73 Å². The van der Waals surface area contributed by atoms with E-state index in [-0.39, 0.29) is 75.2 Å². The molecule has 2 nitrogen and oxygen atoms in total. The first kappa shape index (κ1) is 24.7. The van der Waals surface area contributed by atoms with E-state index in [9.17, 15) is 0 Å². The molecule has 0 aliphatic carbocycles. The van der Waals surface area contributed by atoms with Gasteiger partial charge in [0.2, 0.25) is 0 Å². The van der Waals surface area contributed by atoms with Gasteiger partial charge in [0.25, 0.3) is 0 Å². The number of nitrogens with one attached hydrogen (secondary N) is 1. The minimum atomic E-state index is 0. The van der Waals surface area contributed by atoms with Gasteiger partial charge in [0.1, 0.15) is 0 Å². The molecule has 0 aliphatic rings. The standard InChI is InChI=1S/CH4N2.I.Pb.Sn/c2-1-3;;;/h1H,(H3,2,3);;;. The third-order valence-corrected chi connectivity index (χ3v) is 0. The number of halogens is 1. The molecule has 0 aromatic rings. The fourth-order valence-electron chi connectivity index (χ4n) is 0. The molecule has 33 valence electrons. The van der Waals surface area contributed by atoms with Gasteiger partial charge < -0.3 is 5.73 Å². The van der Waals surface area contributed by atoms with Crippen LogP contribution in [0.1, 0.15) is 0 Å². The largest absolute Gasteiger partial charge is 0.390 e. The van der Waals surface area contributed by atoms with Gasteiger partial charge in [0, 0.05) is 75.2 Å². The second-order valence-electron chi connectivity index (χ2n) is 0.167. The van der Waals surface area contributed by atoms with Crippen molar-refractivity contribution in [2.24, 2.45) is 5.73 Å². The third-order valence-electron chi connectivity index (χ3n) is 0. The van der Waals surface area contributed by atoms with Gasteiger partial charge in [-0.2, -0.15) is 0 Å². The second kappa shape index (κ2) is 28.4. The molecule has 0 bridgehead atoms. The third kappa shape index (κ3) is 38.9. The van der Waals surface area contributed by atoms with Gasteiger partial charge in [0.05, 0.1) is 6.34 Å². The van der Waals surface area contributed by atoms with Crippen LogP contribution in [0.15, 0.2) is 0 Å². The molecule has 0 aromatic heterocycles. The Morgan fingerprint density at radius 2 is 1.50 bits per heavy atom. The molecule has 0 spiro atoms. The van der Waals surface area contributed by atoms with Crippen LogP contribution in [0.2, 0.25) is 0 Å². The van der Waals surface area contributed by atoms with Crippen molar-refractivity contribution in [3.63, 3.8) is 0 Å². The Morgan fingerprint density at radius 1 is 1.50 bits per heavy atom. The maximum Gasteiger partial charge on any atom is 0.0765 e. The first-order valence-corrected chi connectivity index (χ1v) is 0.622. The van der Waals surface area contributed by atoms with Crippen molar-refractivity contribution in [3.05, 3.63) is 0 Å². The monoisotopic (exact) mass is 499 g/mol. The summed E-state index contributed by atoms with van der Waals surface area (Å²) in [6.45, 7) is 0. The normalized spacial score (nSPS) is 2.00. The summed E-state index contributed by atoms with van der Waals surface area (Å²) in [4.78, 5) is 0. The van der Waals surface area contributed by atoms with Crippen LogP contribution in [0.3, 0.4) is 0 Å². The molecule has 0 aromatic carbocycles. The zero-order chi connectivity index (χ0) is 2.71. The van der Waals surface area contributed by atoms with Crippen LogP contribution in [-0.4, -0.2) is 57.5 Å². The van der Waals surface area contributed by atoms with Crippen LogP contribution in [-0.2, 0) is 0 Å². The van der Waals surface area contributed by atoms with E-state index in [4.69, 9.17) is 5.41 Å². The van der Waals surface area contributed by atoms with Crippen LogP contribution in [0.5, 0.6) is 0 Å². The zero-order valence-corrected chi connectivity index (χ0v) is 11.9. The fourth-order valence-corrected chi connectivity index (χ4v) is 0. The van der Waals surface area contributed by atoms with Gasteiger partial charge in [-0.1, -0.05) is 0 Å². The molecule has 0 unspecified atom stereocenters. The Kier molecular flexibility index (Phi) is 117. The predicted molar refractivity (Wildman–Crippen MR) is 38.5 cm³/mol. The van der Waals surface area contributed by atoms with E-state index in [1.807, 2.05) is 0 Å². The molecule has 0 fully saturated rings. The maximum absolute atomic E-state index is 5.86. The average Bonchev–Trinajstić information content (AvgIpc) is 0.918. The Morgan fingerprint density at radius 3 is 1.50 bits per heavy atom. The maximum atomic E-state index is 5.86. The fraction of sp³-hybridized carbons (Fsp3) is 0. The summed E-state index contributed by atoms with van der Waals surface area (Å²) >= 11 is 0. The quantitative estimate of drug-likeness (QED) is 0.205.